The molecule has 1 aliphatic rings. The molecule has 1 aromatic heterocycles. The first kappa shape index (κ1) is 16.5. The number of anilines is 1. The number of hydrogen-bond acceptors (Lipinski definition) is 3. The van der Waals surface area contributed by atoms with Crippen LogP contribution in [0.3, 0.4) is 0 Å². The molecule has 2 heterocycles. The topological polar surface area (TPSA) is 77.5 Å². The molecule has 0 spiro atoms. The molecule has 1 aromatic carbocycles. The molecule has 2 aromatic rings. The van der Waals surface area contributed by atoms with Crippen LogP contribution in [0.1, 0.15) is 29.3 Å². The summed E-state index contributed by atoms with van der Waals surface area (Å²) in [6.07, 6.45) is 2.82. The molecule has 3 rings (SSSR count). The molecule has 0 bridgehead atoms. The molecule has 0 radical (unpaired) electrons. The summed E-state index contributed by atoms with van der Waals surface area (Å²) in [7, 11) is 1.94. The summed E-state index contributed by atoms with van der Waals surface area (Å²) in [6.45, 7) is 5.53. The molecule has 1 aliphatic heterocycles. The van der Waals surface area contributed by atoms with E-state index in [4.69, 9.17) is 10.5 Å². The molecule has 2 atom stereocenters. The van der Waals surface area contributed by atoms with Gasteiger partial charge in [-0.05, 0) is 49.6 Å². The van der Waals surface area contributed by atoms with Gasteiger partial charge in [-0.25, -0.2) is 0 Å². The predicted octanol–water partition coefficient (Wildman–Crippen LogP) is 2.54. The summed E-state index contributed by atoms with van der Waals surface area (Å²) in [5.41, 5.74) is 10.5. The minimum absolute atomic E-state index is 0.0373. The van der Waals surface area contributed by atoms with Gasteiger partial charge in [-0.3, -0.25) is 9.67 Å². The van der Waals surface area contributed by atoms with Crippen molar-refractivity contribution in [2.45, 2.75) is 26.4 Å². The third-order valence-corrected chi connectivity index (χ3v) is 4.35. The molecule has 0 aliphatic carbocycles. The Morgan fingerprint density at radius 1 is 1.38 bits per heavy atom. The third kappa shape index (κ3) is 3.76. The molecular weight excluding hydrogens is 302 g/mol. The van der Waals surface area contributed by atoms with Gasteiger partial charge in [0, 0.05) is 38.0 Å². The first-order chi connectivity index (χ1) is 11.5. The number of hydrogen-bond donors (Lipinski definition) is 2. The molecule has 1 fully saturated rings. The van der Waals surface area contributed by atoms with Gasteiger partial charge in [0.2, 0.25) is 0 Å². The van der Waals surface area contributed by atoms with Crippen LogP contribution in [-0.4, -0.2) is 28.9 Å². The maximum atomic E-state index is 6.06. The lowest BCUT2D eigenvalue weighted by Crippen LogP contribution is -2.24. The summed E-state index contributed by atoms with van der Waals surface area (Å²) < 4.78 is 7.75. The molecule has 3 N–H and O–H groups in total. The fourth-order valence-corrected chi connectivity index (χ4v) is 3.26. The molecule has 128 valence electrons. The molecule has 24 heavy (non-hydrogen) atoms. The fraction of sp³-hybridized carbons (Fsp3) is 0.444. The molecule has 1 saturated heterocycles. The first-order valence-electron chi connectivity index (χ1n) is 8.27. The lowest BCUT2D eigenvalue weighted by molar-refractivity contribution is 0.0859. The largest absolute Gasteiger partial charge is 0.372 e. The van der Waals surface area contributed by atoms with Crippen molar-refractivity contribution < 1.29 is 4.74 Å². The van der Waals surface area contributed by atoms with Crippen LogP contribution >= 0.6 is 0 Å². The molecule has 0 unspecified atom stereocenters. The van der Waals surface area contributed by atoms with Gasteiger partial charge in [-0.1, -0.05) is 6.07 Å². The Labute approximate surface area is 142 Å². The maximum Gasteiger partial charge on any atom is 0.193 e. The van der Waals surface area contributed by atoms with Crippen molar-refractivity contribution in [3.05, 3.63) is 47.3 Å². The normalized spacial score (nSPS) is 21.2. The van der Waals surface area contributed by atoms with E-state index in [0.717, 1.165) is 24.4 Å². The van der Waals surface area contributed by atoms with E-state index in [1.165, 1.54) is 11.1 Å². The number of nitrogens with zero attached hydrogens (tertiary/aromatic N) is 3. The second-order valence-electron chi connectivity index (χ2n) is 6.45. The van der Waals surface area contributed by atoms with E-state index >= 15 is 0 Å². The third-order valence-electron chi connectivity index (χ3n) is 4.35. The Hall–Kier alpha value is -2.34. The average molecular weight is 327 g/mol. The van der Waals surface area contributed by atoms with Crippen LogP contribution in [0, 0.1) is 19.8 Å². The number of rotatable bonds is 4. The SMILES string of the molecule is Cc1cc(C)cc(NC(N)=NC[C@@H]2CCO[C@H]2c2ccnn2C)c1. The standard InChI is InChI=1S/C18H25N5O/c1-12-8-13(2)10-15(9-12)22-18(19)20-11-14-5-7-24-17(14)16-4-6-21-23(16)3/h4,6,8-10,14,17H,5,7,11H2,1-3H3,(H3,19,20,22)/t14-,17+/m0/s1. The van der Waals surface area contributed by atoms with Gasteiger partial charge in [0.1, 0.15) is 6.10 Å². The quantitative estimate of drug-likeness (QED) is 0.668. The molecule has 0 saturated carbocycles. The van der Waals surface area contributed by atoms with Crippen LogP contribution < -0.4 is 11.1 Å². The number of aryl methyl sites for hydroxylation is 3. The molecule has 6 nitrogen and oxygen atoms in total. The highest BCUT2D eigenvalue weighted by molar-refractivity contribution is 5.92. The predicted molar refractivity (Wildman–Crippen MR) is 96.0 cm³/mol. The minimum atomic E-state index is 0.0373. The van der Waals surface area contributed by atoms with Gasteiger partial charge in [-0.2, -0.15) is 5.10 Å². The number of nitrogens with two attached hydrogens (primary N) is 1. The van der Waals surface area contributed by atoms with Crippen molar-refractivity contribution in [3.63, 3.8) is 0 Å². The average Bonchev–Trinajstić information content (AvgIpc) is 3.12. The number of ether oxygens (including phenoxy) is 1. The van der Waals surface area contributed by atoms with Gasteiger partial charge in [0.05, 0.1) is 5.69 Å². The lowest BCUT2D eigenvalue weighted by atomic mass is 9.99. The highest BCUT2D eigenvalue weighted by atomic mass is 16.5. The van der Waals surface area contributed by atoms with Crippen LogP contribution in [0.2, 0.25) is 0 Å². The van der Waals surface area contributed by atoms with E-state index in [-0.39, 0.29) is 6.10 Å². The minimum Gasteiger partial charge on any atom is -0.372 e. The highest BCUT2D eigenvalue weighted by Crippen LogP contribution is 2.34. The monoisotopic (exact) mass is 327 g/mol. The summed E-state index contributed by atoms with van der Waals surface area (Å²) in [5.74, 6) is 0.760. The second kappa shape index (κ2) is 7.05. The molecule has 0 amide bonds. The van der Waals surface area contributed by atoms with Crippen molar-refractivity contribution in [3.8, 4) is 0 Å². The van der Waals surface area contributed by atoms with Gasteiger partial charge >= 0.3 is 0 Å². The first-order valence-corrected chi connectivity index (χ1v) is 8.27. The molecule has 6 heteroatoms. The van der Waals surface area contributed by atoms with Crippen molar-refractivity contribution in [1.82, 2.24) is 9.78 Å². The van der Waals surface area contributed by atoms with Gasteiger partial charge in [-0.15, -0.1) is 0 Å². The molecular formula is C18H25N5O. The highest BCUT2D eigenvalue weighted by Gasteiger charge is 2.31. The Morgan fingerprint density at radius 2 is 2.12 bits per heavy atom. The zero-order valence-electron chi connectivity index (χ0n) is 14.5. The summed E-state index contributed by atoms with van der Waals surface area (Å²) in [5, 5.41) is 7.40. The van der Waals surface area contributed by atoms with Crippen LogP contribution in [0.4, 0.5) is 5.69 Å². The summed E-state index contributed by atoms with van der Waals surface area (Å²) in [6, 6.07) is 8.26. The number of benzene rings is 1. The van der Waals surface area contributed by atoms with E-state index in [1.807, 2.05) is 17.8 Å². The van der Waals surface area contributed by atoms with Crippen molar-refractivity contribution >= 4 is 11.6 Å². The number of aliphatic imine (C=N–C) groups is 1. The van der Waals surface area contributed by atoms with E-state index < -0.39 is 0 Å². The van der Waals surface area contributed by atoms with E-state index in [0.29, 0.717) is 18.4 Å². The van der Waals surface area contributed by atoms with E-state index in [1.54, 1.807) is 6.20 Å². The van der Waals surface area contributed by atoms with Crippen LogP contribution in [0.25, 0.3) is 0 Å². The van der Waals surface area contributed by atoms with E-state index in [2.05, 4.69) is 47.5 Å². The fourth-order valence-electron chi connectivity index (χ4n) is 3.26. The zero-order valence-corrected chi connectivity index (χ0v) is 14.5. The van der Waals surface area contributed by atoms with Gasteiger partial charge in [0.25, 0.3) is 0 Å². The van der Waals surface area contributed by atoms with Crippen LogP contribution in [-0.2, 0) is 11.8 Å². The smallest absolute Gasteiger partial charge is 0.193 e. The van der Waals surface area contributed by atoms with Gasteiger partial charge in [0.15, 0.2) is 5.96 Å². The Bertz CT molecular complexity index is 717. The summed E-state index contributed by atoms with van der Waals surface area (Å²) >= 11 is 0. The number of guanidine groups is 1. The van der Waals surface area contributed by atoms with Crippen molar-refractivity contribution in [2.24, 2.45) is 23.7 Å². The summed E-state index contributed by atoms with van der Waals surface area (Å²) in [4.78, 5) is 4.52. The zero-order chi connectivity index (χ0) is 17.1. The Morgan fingerprint density at radius 3 is 2.79 bits per heavy atom. The van der Waals surface area contributed by atoms with Crippen LogP contribution in [0.15, 0.2) is 35.5 Å². The van der Waals surface area contributed by atoms with Crippen molar-refractivity contribution in [1.29, 1.82) is 0 Å². The van der Waals surface area contributed by atoms with Gasteiger partial charge < -0.3 is 15.8 Å². The van der Waals surface area contributed by atoms with Crippen molar-refractivity contribution in [2.75, 3.05) is 18.5 Å². The van der Waals surface area contributed by atoms with Crippen LogP contribution in [0.5, 0.6) is 0 Å². The maximum absolute atomic E-state index is 6.06. The second-order valence-corrected chi connectivity index (χ2v) is 6.45. The number of nitrogens with one attached hydrogen (secondary N) is 1. The van der Waals surface area contributed by atoms with E-state index in [9.17, 15) is 0 Å². The lowest BCUT2D eigenvalue weighted by Gasteiger charge is -2.17. The number of aromatic nitrogens is 2. The Kier molecular flexibility index (Phi) is 4.85. The Balaban J connectivity index is 1.65.